The second-order valence-corrected chi connectivity index (χ2v) is 3.91. The predicted molar refractivity (Wildman–Crippen MR) is 56.3 cm³/mol. The minimum Gasteiger partial charge on any atom is -0.494 e. The maximum atomic E-state index is 12.3. The van der Waals surface area contributed by atoms with Crippen LogP contribution in [0.25, 0.3) is 0 Å². The number of halogens is 4. The van der Waals surface area contributed by atoms with E-state index in [0.29, 0.717) is 12.4 Å². The van der Waals surface area contributed by atoms with E-state index in [1.54, 1.807) is 6.92 Å². The van der Waals surface area contributed by atoms with Gasteiger partial charge in [0, 0.05) is 10.0 Å². The molecule has 1 rings (SSSR count). The van der Waals surface area contributed by atoms with E-state index in [1.165, 1.54) is 18.2 Å². The number of alkyl halides is 3. The zero-order chi connectivity index (χ0) is 12.3. The zero-order valence-corrected chi connectivity index (χ0v) is 9.97. The van der Waals surface area contributed by atoms with Gasteiger partial charge in [-0.15, -0.1) is 0 Å². The number of aliphatic hydroxyl groups is 1. The first-order chi connectivity index (χ1) is 7.36. The smallest absolute Gasteiger partial charge is 0.418 e. The van der Waals surface area contributed by atoms with Crippen molar-refractivity contribution >= 4 is 15.9 Å². The lowest BCUT2D eigenvalue weighted by Crippen LogP contribution is -2.20. The van der Waals surface area contributed by atoms with Gasteiger partial charge in [-0.1, -0.05) is 22.0 Å². The van der Waals surface area contributed by atoms with Gasteiger partial charge in [-0.2, -0.15) is 13.2 Å². The molecule has 1 unspecified atom stereocenters. The van der Waals surface area contributed by atoms with Crippen LogP contribution in [0.2, 0.25) is 0 Å². The molecule has 1 atom stereocenters. The Labute approximate surface area is 99.2 Å². The van der Waals surface area contributed by atoms with Gasteiger partial charge in [-0.05, 0) is 19.1 Å². The summed E-state index contributed by atoms with van der Waals surface area (Å²) < 4.78 is 42.1. The summed E-state index contributed by atoms with van der Waals surface area (Å²) in [6.07, 6.45) is -7.16. The fraction of sp³-hybridized carbons (Fsp3) is 0.400. The summed E-state index contributed by atoms with van der Waals surface area (Å²) in [6.45, 7) is 2.19. The first-order valence-electron chi connectivity index (χ1n) is 4.53. The van der Waals surface area contributed by atoms with Gasteiger partial charge in [0.2, 0.25) is 0 Å². The summed E-state index contributed by atoms with van der Waals surface area (Å²) in [4.78, 5) is 0. The van der Waals surface area contributed by atoms with E-state index in [0.717, 1.165) is 0 Å². The lowest BCUT2D eigenvalue weighted by Gasteiger charge is -2.16. The van der Waals surface area contributed by atoms with Gasteiger partial charge in [0.05, 0.1) is 6.61 Å². The van der Waals surface area contributed by atoms with E-state index >= 15 is 0 Å². The average molecular weight is 299 g/mol. The maximum Gasteiger partial charge on any atom is 0.418 e. The van der Waals surface area contributed by atoms with Gasteiger partial charge in [-0.25, -0.2) is 0 Å². The molecular weight excluding hydrogens is 289 g/mol. The molecule has 0 aliphatic rings. The fourth-order valence-electron chi connectivity index (χ4n) is 1.16. The van der Waals surface area contributed by atoms with Crippen molar-refractivity contribution in [1.82, 2.24) is 0 Å². The van der Waals surface area contributed by atoms with Crippen LogP contribution < -0.4 is 4.74 Å². The standard InChI is InChI=1S/C10H10BrF3O2/c1-2-16-6-3-4-7(8(11)5-6)9(15)10(12,13)14/h3-5,9,15H,2H2,1H3. The normalized spacial score (nSPS) is 13.6. The first-order valence-corrected chi connectivity index (χ1v) is 5.32. The summed E-state index contributed by atoms with van der Waals surface area (Å²) in [6, 6.07) is 3.97. The van der Waals surface area contributed by atoms with Crippen LogP contribution in [0.4, 0.5) is 13.2 Å². The van der Waals surface area contributed by atoms with E-state index in [9.17, 15) is 13.2 Å². The van der Waals surface area contributed by atoms with Crippen LogP contribution in [-0.2, 0) is 0 Å². The highest BCUT2D eigenvalue weighted by Crippen LogP contribution is 2.37. The third-order valence-corrected chi connectivity index (χ3v) is 2.57. The zero-order valence-electron chi connectivity index (χ0n) is 8.38. The fourth-order valence-corrected chi connectivity index (χ4v) is 1.74. The van der Waals surface area contributed by atoms with Crippen molar-refractivity contribution in [2.75, 3.05) is 6.61 Å². The Balaban J connectivity index is 2.99. The van der Waals surface area contributed by atoms with Crippen molar-refractivity contribution in [2.24, 2.45) is 0 Å². The minimum absolute atomic E-state index is 0.170. The van der Waals surface area contributed by atoms with Crippen molar-refractivity contribution in [3.05, 3.63) is 28.2 Å². The maximum absolute atomic E-state index is 12.3. The number of rotatable bonds is 3. The van der Waals surface area contributed by atoms with Crippen molar-refractivity contribution < 1.29 is 23.0 Å². The molecular formula is C10H10BrF3O2. The minimum atomic E-state index is -4.67. The first kappa shape index (κ1) is 13.3. The molecule has 0 aliphatic heterocycles. The van der Waals surface area contributed by atoms with Gasteiger partial charge in [0.15, 0.2) is 6.10 Å². The van der Waals surface area contributed by atoms with Crippen LogP contribution in [0.15, 0.2) is 22.7 Å². The summed E-state index contributed by atoms with van der Waals surface area (Å²) in [7, 11) is 0. The number of hydrogen-bond donors (Lipinski definition) is 1. The molecule has 0 saturated heterocycles. The van der Waals surface area contributed by atoms with Crippen LogP contribution in [0.1, 0.15) is 18.6 Å². The molecule has 0 heterocycles. The Morgan fingerprint density at radius 2 is 2.06 bits per heavy atom. The molecule has 1 N–H and O–H groups in total. The summed E-state index contributed by atoms with van der Waals surface area (Å²) in [5.41, 5.74) is -0.226. The quantitative estimate of drug-likeness (QED) is 0.926. The lowest BCUT2D eigenvalue weighted by molar-refractivity contribution is -0.207. The van der Waals surface area contributed by atoms with Crippen molar-refractivity contribution in [3.8, 4) is 5.75 Å². The molecule has 1 aromatic rings. The Kier molecular flexibility index (Phi) is 4.21. The van der Waals surface area contributed by atoms with Crippen molar-refractivity contribution in [1.29, 1.82) is 0 Å². The van der Waals surface area contributed by atoms with Gasteiger partial charge in [-0.3, -0.25) is 0 Å². The Morgan fingerprint density at radius 1 is 1.44 bits per heavy atom. The highest BCUT2D eigenvalue weighted by molar-refractivity contribution is 9.10. The molecule has 90 valence electrons. The third-order valence-electron chi connectivity index (χ3n) is 1.89. The highest BCUT2D eigenvalue weighted by atomic mass is 79.9. The highest BCUT2D eigenvalue weighted by Gasteiger charge is 2.40. The summed E-state index contributed by atoms with van der Waals surface area (Å²) >= 11 is 2.97. The van der Waals surface area contributed by atoms with Gasteiger partial charge < -0.3 is 9.84 Å². The monoisotopic (exact) mass is 298 g/mol. The number of hydrogen-bond acceptors (Lipinski definition) is 2. The SMILES string of the molecule is CCOc1ccc(C(O)C(F)(F)F)c(Br)c1. The van der Waals surface area contributed by atoms with Crippen molar-refractivity contribution in [2.45, 2.75) is 19.2 Å². The largest absolute Gasteiger partial charge is 0.494 e. The molecule has 0 radical (unpaired) electrons. The predicted octanol–water partition coefficient (Wildman–Crippen LogP) is 3.44. The molecule has 0 fully saturated rings. The molecule has 0 saturated carbocycles. The van der Waals surface area contributed by atoms with Crippen molar-refractivity contribution in [3.63, 3.8) is 0 Å². The molecule has 0 bridgehead atoms. The van der Waals surface area contributed by atoms with Gasteiger partial charge in [0.25, 0.3) is 0 Å². The molecule has 0 amide bonds. The van der Waals surface area contributed by atoms with E-state index < -0.39 is 12.3 Å². The lowest BCUT2D eigenvalue weighted by atomic mass is 10.1. The Bertz CT molecular complexity index is 366. The van der Waals surface area contributed by atoms with Crippen LogP contribution in [-0.4, -0.2) is 17.9 Å². The number of ether oxygens (including phenoxy) is 1. The van der Waals surface area contributed by atoms with Gasteiger partial charge >= 0.3 is 6.18 Å². The van der Waals surface area contributed by atoms with E-state index in [2.05, 4.69) is 15.9 Å². The average Bonchev–Trinajstić information content (AvgIpc) is 2.16. The second kappa shape index (κ2) is 5.05. The van der Waals surface area contributed by atoms with E-state index in [4.69, 9.17) is 9.84 Å². The number of aliphatic hydroxyl groups excluding tert-OH is 1. The third kappa shape index (κ3) is 3.12. The van der Waals surface area contributed by atoms with Gasteiger partial charge in [0.1, 0.15) is 5.75 Å². The molecule has 2 nitrogen and oxygen atoms in total. The van der Waals surface area contributed by atoms with Crippen LogP contribution in [0.3, 0.4) is 0 Å². The number of benzene rings is 1. The Hall–Kier alpha value is -0.750. The second-order valence-electron chi connectivity index (χ2n) is 3.06. The summed E-state index contributed by atoms with van der Waals surface area (Å²) in [5.74, 6) is 0.451. The molecule has 1 aromatic carbocycles. The molecule has 16 heavy (non-hydrogen) atoms. The molecule has 6 heteroatoms. The summed E-state index contributed by atoms with van der Waals surface area (Å²) in [5, 5.41) is 9.06. The van der Waals surface area contributed by atoms with E-state index in [-0.39, 0.29) is 10.0 Å². The molecule has 0 spiro atoms. The van der Waals surface area contributed by atoms with Crippen LogP contribution >= 0.6 is 15.9 Å². The topological polar surface area (TPSA) is 29.5 Å². The van der Waals surface area contributed by atoms with Crippen LogP contribution in [0, 0.1) is 0 Å². The molecule has 0 aliphatic carbocycles. The van der Waals surface area contributed by atoms with E-state index in [1.807, 2.05) is 0 Å². The Morgan fingerprint density at radius 3 is 2.50 bits per heavy atom. The molecule has 0 aromatic heterocycles. The van der Waals surface area contributed by atoms with Crippen LogP contribution in [0.5, 0.6) is 5.75 Å².